The molecule has 0 fully saturated rings. The Kier molecular flexibility index (Phi) is 75.3. The van der Waals surface area contributed by atoms with Crippen LogP contribution in [-0.2, 0) is 33.3 Å². The smallest absolute Gasteiger partial charge is 0.361 e. The molecular formula is C88H160NO8+. The number of esters is 2. The van der Waals surface area contributed by atoms with Crippen molar-refractivity contribution in [2.75, 3.05) is 47.5 Å². The molecule has 0 aromatic heterocycles. The van der Waals surface area contributed by atoms with Gasteiger partial charge >= 0.3 is 17.9 Å². The second-order valence-corrected chi connectivity index (χ2v) is 29.4. The molecule has 97 heavy (non-hydrogen) atoms. The first-order chi connectivity index (χ1) is 47.6. The molecule has 9 heteroatoms. The van der Waals surface area contributed by atoms with Crippen LogP contribution in [0.3, 0.4) is 0 Å². The lowest BCUT2D eigenvalue weighted by atomic mass is 10.0. The fourth-order valence-corrected chi connectivity index (χ4v) is 12.3. The molecule has 9 nitrogen and oxygen atoms in total. The predicted molar refractivity (Wildman–Crippen MR) is 419 cm³/mol. The minimum Gasteiger partial charge on any atom is -0.477 e. The van der Waals surface area contributed by atoms with E-state index in [1.165, 1.54) is 295 Å². The second kappa shape index (κ2) is 78.2. The number of rotatable bonds is 78. The summed E-state index contributed by atoms with van der Waals surface area (Å²) in [6.07, 6.45) is 105. The molecule has 2 unspecified atom stereocenters. The van der Waals surface area contributed by atoms with Crippen LogP contribution in [0.25, 0.3) is 0 Å². The van der Waals surface area contributed by atoms with Gasteiger partial charge < -0.3 is 28.5 Å². The largest absolute Gasteiger partial charge is 0.477 e. The van der Waals surface area contributed by atoms with Gasteiger partial charge in [0.15, 0.2) is 6.10 Å². The molecule has 0 aromatic rings. The summed E-state index contributed by atoms with van der Waals surface area (Å²) < 4.78 is 23.1. The van der Waals surface area contributed by atoms with Gasteiger partial charge in [-0.05, 0) is 89.9 Å². The number of carboxylic acids is 1. The molecule has 0 aromatic carbocycles. The van der Waals surface area contributed by atoms with Crippen molar-refractivity contribution in [1.29, 1.82) is 0 Å². The highest BCUT2D eigenvalue weighted by molar-refractivity contribution is 5.71. The van der Waals surface area contributed by atoms with Crippen molar-refractivity contribution in [1.82, 2.24) is 0 Å². The Balaban J connectivity index is 3.97. The van der Waals surface area contributed by atoms with Crippen molar-refractivity contribution in [2.45, 2.75) is 411 Å². The summed E-state index contributed by atoms with van der Waals surface area (Å²) in [7, 11) is 5.99. The minimum atomic E-state index is -1.51. The Bertz CT molecular complexity index is 1870. The van der Waals surface area contributed by atoms with Crippen molar-refractivity contribution in [3.8, 4) is 0 Å². The number of nitrogens with zero attached hydrogens (tertiary/aromatic N) is 1. The summed E-state index contributed by atoms with van der Waals surface area (Å²) in [6, 6.07) is 0. The van der Waals surface area contributed by atoms with Crippen LogP contribution in [0.15, 0.2) is 85.1 Å². The zero-order chi connectivity index (χ0) is 70.4. The highest BCUT2D eigenvalue weighted by Gasteiger charge is 2.25. The first-order valence-corrected chi connectivity index (χ1v) is 41.8. The average Bonchev–Trinajstić information content (AvgIpc) is 3.74. The van der Waals surface area contributed by atoms with Gasteiger partial charge in [0.05, 0.1) is 34.4 Å². The van der Waals surface area contributed by atoms with Crippen molar-refractivity contribution < 1.29 is 42.9 Å². The number of hydrogen-bond donors (Lipinski definition) is 1. The zero-order valence-corrected chi connectivity index (χ0v) is 64.7. The average molecular weight is 1360 g/mol. The number of quaternary nitrogens is 1. The van der Waals surface area contributed by atoms with Gasteiger partial charge in [-0.2, -0.15) is 0 Å². The number of likely N-dealkylation sites (N-methyl/N-ethyl adjacent to an activating group) is 1. The molecule has 0 aliphatic carbocycles. The Morgan fingerprint density at radius 1 is 0.320 bits per heavy atom. The van der Waals surface area contributed by atoms with Crippen LogP contribution in [0.1, 0.15) is 399 Å². The maximum absolute atomic E-state index is 13.0. The molecule has 564 valence electrons. The summed E-state index contributed by atoms with van der Waals surface area (Å²) in [5.41, 5.74) is 0. The predicted octanol–water partition coefficient (Wildman–Crippen LogP) is 26.9. The SMILES string of the molecule is CC/C=C\C/C=C\C/C=C\C/C=C\C/C=C\C/C=C\CCCCCCCCCCCCCCCCCCC(=O)OC(COC(=O)CCCCCCCCCCCCCCCCCCCCCCCCCCC/C=C\CCCCCCCCCC)COC(OCC[N+](C)(C)C)C(=O)O. The Hall–Kier alpha value is -3.53. The van der Waals surface area contributed by atoms with Crippen LogP contribution < -0.4 is 0 Å². The molecule has 0 aliphatic heterocycles. The number of unbranched alkanes of at least 4 members (excludes halogenated alkanes) is 49. The highest BCUT2D eigenvalue weighted by atomic mass is 16.7. The number of carboxylic acid groups (broad SMARTS) is 1. The van der Waals surface area contributed by atoms with Crippen LogP contribution in [0, 0.1) is 0 Å². The molecule has 0 saturated carbocycles. The summed E-state index contributed by atoms with van der Waals surface area (Å²) in [5.74, 6) is -1.98. The highest BCUT2D eigenvalue weighted by Crippen LogP contribution is 2.20. The molecule has 0 spiro atoms. The molecule has 2 atom stereocenters. The van der Waals surface area contributed by atoms with Gasteiger partial charge in [-0.1, -0.05) is 381 Å². The van der Waals surface area contributed by atoms with Crippen molar-refractivity contribution in [2.24, 2.45) is 0 Å². The van der Waals surface area contributed by atoms with Crippen LogP contribution in [0.2, 0.25) is 0 Å². The van der Waals surface area contributed by atoms with E-state index in [1.807, 2.05) is 21.1 Å². The summed E-state index contributed by atoms with van der Waals surface area (Å²) >= 11 is 0. The fourth-order valence-electron chi connectivity index (χ4n) is 12.3. The van der Waals surface area contributed by atoms with Gasteiger partial charge in [0.2, 0.25) is 0 Å². The van der Waals surface area contributed by atoms with E-state index >= 15 is 0 Å². The van der Waals surface area contributed by atoms with Crippen LogP contribution in [-0.4, -0.2) is 87.4 Å². The first kappa shape index (κ1) is 93.5. The van der Waals surface area contributed by atoms with Crippen molar-refractivity contribution >= 4 is 17.9 Å². The molecule has 0 amide bonds. The first-order valence-electron chi connectivity index (χ1n) is 41.8. The van der Waals surface area contributed by atoms with Gasteiger partial charge in [0, 0.05) is 12.8 Å². The number of hydrogen-bond acceptors (Lipinski definition) is 7. The maximum Gasteiger partial charge on any atom is 0.361 e. The molecule has 0 aliphatic rings. The van der Waals surface area contributed by atoms with Gasteiger partial charge in [0.25, 0.3) is 6.29 Å². The van der Waals surface area contributed by atoms with E-state index in [4.69, 9.17) is 18.9 Å². The van der Waals surface area contributed by atoms with Gasteiger partial charge in [0.1, 0.15) is 13.2 Å². The minimum absolute atomic E-state index is 0.179. The van der Waals surface area contributed by atoms with Crippen LogP contribution in [0.4, 0.5) is 0 Å². The Labute approximate surface area is 601 Å². The molecule has 0 saturated heterocycles. The molecule has 1 N–H and O–H groups in total. The molecule has 0 rings (SSSR count). The van der Waals surface area contributed by atoms with E-state index < -0.39 is 18.4 Å². The molecular weight excluding hydrogens is 1200 g/mol. The lowest BCUT2D eigenvalue weighted by Crippen LogP contribution is -2.40. The zero-order valence-electron chi connectivity index (χ0n) is 64.7. The van der Waals surface area contributed by atoms with Crippen molar-refractivity contribution in [3.63, 3.8) is 0 Å². The molecule has 0 radical (unpaired) electrons. The topological polar surface area (TPSA) is 108 Å². The third-order valence-corrected chi connectivity index (χ3v) is 18.6. The van der Waals surface area contributed by atoms with E-state index in [0.717, 1.165) is 77.0 Å². The van der Waals surface area contributed by atoms with E-state index in [1.54, 1.807) is 0 Å². The summed E-state index contributed by atoms with van der Waals surface area (Å²) in [4.78, 5) is 37.8. The van der Waals surface area contributed by atoms with E-state index in [-0.39, 0.29) is 38.2 Å². The van der Waals surface area contributed by atoms with Crippen molar-refractivity contribution in [3.05, 3.63) is 85.1 Å². The normalized spacial score (nSPS) is 13.0. The number of allylic oxidation sites excluding steroid dienone is 14. The number of carbonyl (C=O) groups is 3. The van der Waals surface area contributed by atoms with Crippen LogP contribution in [0.5, 0.6) is 0 Å². The second-order valence-electron chi connectivity index (χ2n) is 29.4. The number of ether oxygens (including phenoxy) is 4. The van der Waals surface area contributed by atoms with Crippen LogP contribution >= 0.6 is 0 Å². The third kappa shape index (κ3) is 79.7. The fraction of sp³-hybridized carbons (Fsp3) is 0.807. The number of aliphatic carboxylic acids is 1. The van der Waals surface area contributed by atoms with E-state index in [2.05, 4.69) is 98.9 Å². The van der Waals surface area contributed by atoms with E-state index in [0.29, 0.717) is 17.4 Å². The monoisotopic (exact) mass is 1360 g/mol. The van der Waals surface area contributed by atoms with E-state index in [9.17, 15) is 19.5 Å². The lowest BCUT2D eigenvalue weighted by Gasteiger charge is -2.25. The molecule has 0 bridgehead atoms. The number of carbonyl (C=O) groups excluding carboxylic acids is 2. The summed E-state index contributed by atoms with van der Waals surface area (Å²) in [5, 5.41) is 9.78. The third-order valence-electron chi connectivity index (χ3n) is 18.6. The molecule has 0 heterocycles. The quantitative estimate of drug-likeness (QED) is 0.0211. The van der Waals surface area contributed by atoms with Gasteiger partial charge in [-0.25, -0.2) is 4.79 Å². The Morgan fingerprint density at radius 3 is 0.887 bits per heavy atom. The van der Waals surface area contributed by atoms with Gasteiger partial charge in [-0.15, -0.1) is 0 Å². The maximum atomic E-state index is 13.0. The lowest BCUT2D eigenvalue weighted by molar-refractivity contribution is -0.870. The standard InChI is InChI=1S/C88H159NO8/c1-6-8-10-12-14-16-18-20-22-24-26-28-30-32-34-36-38-40-42-43-45-46-48-50-52-54-56-58-60-62-64-66-68-70-72-74-76-78-85(90)95-82-84(83-96-88(87(92)93)94-81-80-89(3,4)5)97-86(91)79-77-75-73-71-69-67-65-63-61-59-57-55-53-51-49-47-44-41-39-37-35-33-31-29-27-25-23-21-19-17-15-13-11-9-7-2/h9,11,15,17,21,23-24,26-27,29,33,35,39,41,84,88H,6-8,10,12-14,16,18-20,22,25,28,30-32,34,36-38,40,42-83H2,1-5H3/p+1/b11-9-,17-15-,23-21-,26-24-,29-27-,35-33-,41-39-. The van der Waals surface area contributed by atoms with Gasteiger partial charge in [-0.3, -0.25) is 9.59 Å². The Morgan fingerprint density at radius 2 is 0.588 bits per heavy atom. The summed E-state index contributed by atoms with van der Waals surface area (Å²) in [6.45, 7) is 4.82.